The van der Waals surface area contributed by atoms with Gasteiger partial charge in [0.25, 0.3) is 0 Å². The third-order valence-corrected chi connectivity index (χ3v) is 5.03. The highest BCUT2D eigenvalue weighted by Gasteiger charge is 2.37. The molecule has 4 aromatic rings. The molecule has 0 aromatic heterocycles. The molecule has 4 aromatic carbocycles. The third-order valence-electron chi connectivity index (χ3n) is 5.03. The minimum atomic E-state index is -0.0791. The summed E-state index contributed by atoms with van der Waals surface area (Å²) in [6.07, 6.45) is -0.0791. The molecule has 0 bridgehead atoms. The SMILES string of the molecule is c1ccc(NC2N(c3ccccc3)c3ccccc3N2c2ccccc2)cc1. The summed E-state index contributed by atoms with van der Waals surface area (Å²) in [5.41, 5.74) is 5.77. The fourth-order valence-electron chi connectivity index (χ4n) is 3.80. The molecule has 0 aliphatic carbocycles. The molecule has 0 fully saturated rings. The zero-order valence-electron chi connectivity index (χ0n) is 15.4. The highest BCUT2D eigenvalue weighted by molar-refractivity contribution is 5.89. The van der Waals surface area contributed by atoms with Crippen molar-refractivity contribution in [1.29, 1.82) is 0 Å². The maximum atomic E-state index is 3.74. The Kier molecular flexibility index (Phi) is 4.19. The minimum Gasteiger partial charge on any atom is -0.348 e. The molecule has 0 saturated carbocycles. The molecule has 1 N–H and O–H groups in total. The molecular formula is C25H21N3. The molecule has 0 radical (unpaired) electrons. The molecule has 3 heteroatoms. The Hall–Kier alpha value is -3.72. The molecule has 1 aliphatic rings. The fraction of sp³-hybridized carbons (Fsp3) is 0.0400. The van der Waals surface area contributed by atoms with Gasteiger partial charge in [-0.25, -0.2) is 0 Å². The maximum absolute atomic E-state index is 3.74. The van der Waals surface area contributed by atoms with E-state index in [-0.39, 0.29) is 6.29 Å². The number of rotatable bonds is 4. The molecule has 0 atom stereocenters. The average Bonchev–Trinajstić information content (AvgIpc) is 3.09. The molecule has 3 nitrogen and oxygen atoms in total. The van der Waals surface area contributed by atoms with Crippen molar-refractivity contribution in [3.05, 3.63) is 115 Å². The zero-order valence-corrected chi connectivity index (χ0v) is 15.4. The number of fused-ring (bicyclic) bond motifs is 1. The van der Waals surface area contributed by atoms with Gasteiger partial charge in [-0.05, 0) is 48.5 Å². The Labute approximate surface area is 165 Å². The van der Waals surface area contributed by atoms with Crippen LogP contribution >= 0.6 is 0 Å². The van der Waals surface area contributed by atoms with Crippen molar-refractivity contribution < 1.29 is 0 Å². The van der Waals surface area contributed by atoms with Gasteiger partial charge in [0.1, 0.15) is 0 Å². The van der Waals surface area contributed by atoms with Crippen molar-refractivity contribution in [3.8, 4) is 0 Å². The zero-order chi connectivity index (χ0) is 18.8. The Morgan fingerprint density at radius 2 is 0.857 bits per heavy atom. The number of anilines is 5. The van der Waals surface area contributed by atoms with Gasteiger partial charge in [-0.1, -0.05) is 66.7 Å². The van der Waals surface area contributed by atoms with E-state index < -0.39 is 0 Å². The summed E-state index contributed by atoms with van der Waals surface area (Å²) >= 11 is 0. The van der Waals surface area contributed by atoms with Gasteiger partial charge in [-0.15, -0.1) is 0 Å². The largest absolute Gasteiger partial charge is 0.348 e. The van der Waals surface area contributed by atoms with Crippen molar-refractivity contribution in [3.63, 3.8) is 0 Å². The first-order valence-corrected chi connectivity index (χ1v) is 9.51. The molecule has 0 unspecified atom stereocenters. The van der Waals surface area contributed by atoms with E-state index in [9.17, 15) is 0 Å². The first kappa shape index (κ1) is 16.5. The van der Waals surface area contributed by atoms with E-state index in [0.717, 1.165) is 17.1 Å². The molecular weight excluding hydrogens is 342 g/mol. The van der Waals surface area contributed by atoms with Gasteiger partial charge in [0.05, 0.1) is 11.4 Å². The molecule has 0 spiro atoms. The van der Waals surface area contributed by atoms with Crippen LogP contribution in [0, 0.1) is 0 Å². The predicted molar refractivity (Wildman–Crippen MR) is 117 cm³/mol. The third kappa shape index (κ3) is 2.87. The molecule has 5 rings (SSSR count). The Morgan fingerprint density at radius 3 is 1.32 bits per heavy atom. The van der Waals surface area contributed by atoms with Crippen LogP contribution in [0.3, 0.4) is 0 Å². The first-order chi connectivity index (χ1) is 13.9. The maximum Gasteiger partial charge on any atom is 0.187 e. The highest BCUT2D eigenvalue weighted by Crippen LogP contribution is 2.47. The second-order valence-electron chi connectivity index (χ2n) is 6.78. The van der Waals surface area contributed by atoms with Crippen LogP contribution in [0.2, 0.25) is 0 Å². The van der Waals surface area contributed by atoms with Crippen LogP contribution in [-0.2, 0) is 0 Å². The van der Waals surface area contributed by atoms with Crippen LogP contribution in [0.5, 0.6) is 0 Å². The van der Waals surface area contributed by atoms with Gasteiger partial charge in [0, 0.05) is 17.1 Å². The van der Waals surface area contributed by atoms with E-state index in [1.54, 1.807) is 0 Å². The fourth-order valence-corrected chi connectivity index (χ4v) is 3.80. The Balaban J connectivity index is 1.68. The topological polar surface area (TPSA) is 18.5 Å². The number of benzene rings is 4. The lowest BCUT2D eigenvalue weighted by molar-refractivity contribution is 0.777. The van der Waals surface area contributed by atoms with E-state index in [4.69, 9.17) is 0 Å². The van der Waals surface area contributed by atoms with Crippen LogP contribution < -0.4 is 15.1 Å². The van der Waals surface area contributed by atoms with E-state index in [2.05, 4.69) is 124 Å². The summed E-state index contributed by atoms with van der Waals surface area (Å²) in [6, 6.07) is 40.0. The number of hydrogen-bond acceptors (Lipinski definition) is 3. The van der Waals surface area contributed by atoms with E-state index in [0.29, 0.717) is 0 Å². The standard InChI is InChI=1S/C25H21N3/c1-4-12-20(13-5-1)26-25-27(21-14-6-2-7-15-21)23-18-10-11-19-24(23)28(25)22-16-8-3-9-17-22/h1-19,25-26H. The first-order valence-electron chi connectivity index (χ1n) is 9.51. The summed E-state index contributed by atoms with van der Waals surface area (Å²) in [4.78, 5) is 4.71. The Bertz CT molecular complexity index is 982. The summed E-state index contributed by atoms with van der Waals surface area (Å²) in [6.45, 7) is 0. The normalized spacial score (nSPS) is 13.4. The highest BCUT2D eigenvalue weighted by atomic mass is 15.5. The van der Waals surface area contributed by atoms with Gasteiger partial charge in [-0.2, -0.15) is 0 Å². The lowest BCUT2D eigenvalue weighted by Crippen LogP contribution is -2.44. The quantitative estimate of drug-likeness (QED) is 0.454. The molecule has 0 saturated heterocycles. The van der Waals surface area contributed by atoms with Crippen LogP contribution in [-0.4, -0.2) is 6.29 Å². The minimum absolute atomic E-state index is 0.0791. The average molecular weight is 363 g/mol. The predicted octanol–water partition coefficient (Wildman–Crippen LogP) is 6.37. The number of nitrogens with one attached hydrogen (secondary N) is 1. The second kappa shape index (κ2) is 7.12. The van der Waals surface area contributed by atoms with E-state index in [1.807, 2.05) is 6.07 Å². The van der Waals surface area contributed by atoms with Gasteiger partial charge < -0.3 is 15.1 Å². The summed E-state index contributed by atoms with van der Waals surface area (Å²) < 4.78 is 0. The number of nitrogens with zero attached hydrogens (tertiary/aromatic N) is 2. The van der Waals surface area contributed by atoms with Crippen molar-refractivity contribution in [2.24, 2.45) is 0 Å². The second-order valence-corrected chi connectivity index (χ2v) is 6.78. The lowest BCUT2D eigenvalue weighted by Gasteiger charge is -2.34. The van der Waals surface area contributed by atoms with E-state index in [1.165, 1.54) is 11.4 Å². The molecule has 28 heavy (non-hydrogen) atoms. The summed E-state index contributed by atoms with van der Waals surface area (Å²) in [5, 5.41) is 3.74. The van der Waals surface area contributed by atoms with Crippen molar-refractivity contribution >= 4 is 28.4 Å². The molecule has 0 amide bonds. The van der Waals surface area contributed by atoms with Gasteiger partial charge in [0.2, 0.25) is 0 Å². The van der Waals surface area contributed by atoms with Crippen molar-refractivity contribution in [2.45, 2.75) is 6.29 Å². The van der Waals surface area contributed by atoms with Crippen molar-refractivity contribution in [1.82, 2.24) is 0 Å². The molecule has 136 valence electrons. The Morgan fingerprint density at radius 1 is 0.464 bits per heavy atom. The van der Waals surface area contributed by atoms with E-state index >= 15 is 0 Å². The smallest absolute Gasteiger partial charge is 0.187 e. The van der Waals surface area contributed by atoms with Crippen LogP contribution in [0.4, 0.5) is 28.4 Å². The summed E-state index contributed by atoms with van der Waals surface area (Å²) in [5.74, 6) is 0. The van der Waals surface area contributed by atoms with Crippen LogP contribution in [0.15, 0.2) is 115 Å². The number of hydrogen-bond donors (Lipinski definition) is 1. The monoisotopic (exact) mass is 363 g/mol. The lowest BCUT2D eigenvalue weighted by atomic mass is 10.2. The molecule has 1 heterocycles. The number of para-hydroxylation sites is 5. The molecule has 1 aliphatic heterocycles. The van der Waals surface area contributed by atoms with Crippen molar-refractivity contribution in [2.75, 3.05) is 15.1 Å². The van der Waals surface area contributed by atoms with Crippen LogP contribution in [0.25, 0.3) is 0 Å². The van der Waals surface area contributed by atoms with Crippen LogP contribution in [0.1, 0.15) is 0 Å². The van der Waals surface area contributed by atoms with Gasteiger partial charge in [-0.3, -0.25) is 0 Å². The summed E-state index contributed by atoms with van der Waals surface area (Å²) in [7, 11) is 0. The van der Waals surface area contributed by atoms with Gasteiger partial charge >= 0.3 is 0 Å². The van der Waals surface area contributed by atoms with Gasteiger partial charge in [0.15, 0.2) is 6.29 Å².